The van der Waals surface area contributed by atoms with Crippen molar-refractivity contribution in [3.8, 4) is 11.4 Å². The minimum atomic E-state index is -0.206. The Labute approximate surface area is 156 Å². The average Bonchev–Trinajstić information content (AvgIpc) is 3.28. The lowest BCUT2D eigenvalue weighted by atomic mass is 10.2. The van der Waals surface area contributed by atoms with Gasteiger partial charge in [0.2, 0.25) is 0 Å². The number of aryl methyl sites for hydroxylation is 1. The van der Waals surface area contributed by atoms with E-state index in [0.717, 1.165) is 47.5 Å². The van der Waals surface area contributed by atoms with E-state index in [1.165, 1.54) is 12.1 Å². The molecular weight excluding hydrogens is 343 g/mol. The fourth-order valence-corrected chi connectivity index (χ4v) is 3.24. The Bertz CT molecular complexity index is 1050. The highest BCUT2D eigenvalue weighted by Gasteiger charge is 2.13. The predicted molar refractivity (Wildman–Crippen MR) is 102 cm³/mol. The molecule has 0 unspecified atom stereocenters. The number of aromatic nitrogens is 5. The minimum absolute atomic E-state index is 0.206. The second-order valence-electron chi connectivity index (χ2n) is 6.66. The fraction of sp³-hybridized carbons (Fsp3) is 0.250. The number of nitrogens with zero attached hydrogens (tertiary/aromatic N) is 6. The molecule has 7 heteroatoms. The van der Waals surface area contributed by atoms with Crippen LogP contribution in [-0.2, 0) is 20.1 Å². The van der Waals surface area contributed by atoms with Crippen molar-refractivity contribution in [2.45, 2.75) is 13.1 Å². The molecule has 0 fully saturated rings. The van der Waals surface area contributed by atoms with Crippen LogP contribution in [0.1, 0.15) is 5.56 Å². The highest BCUT2D eigenvalue weighted by molar-refractivity contribution is 5.91. The maximum Gasteiger partial charge on any atom is 0.123 e. The van der Waals surface area contributed by atoms with E-state index in [-0.39, 0.29) is 5.82 Å². The second kappa shape index (κ2) is 7.28. The summed E-state index contributed by atoms with van der Waals surface area (Å²) in [6.45, 7) is 2.36. The first-order chi connectivity index (χ1) is 13.1. The van der Waals surface area contributed by atoms with E-state index < -0.39 is 0 Å². The number of pyridine rings is 1. The van der Waals surface area contributed by atoms with Crippen LogP contribution in [0.25, 0.3) is 22.3 Å². The Morgan fingerprint density at radius 2 is 1.85 bits per heavy atom. The molecule has 0 aliphatic heterocycles. The summed E-state index contributed by atoms with van der Waals surface area (Å²) >= 11 is 0. The van der Waals surface area contributed by atoms with Crippen LogP contribution in [0.2, 0.25) is 0 Å². The summed E-state index contributed by atoms with van der Waals surface area (Å²) in [4.78, 5) is 6.72. The molecule has 0 saturated carbocycles. The Kier molecular flexibility index (Phi) is 4.68. The molecule has 27 heavy (non-hydrogen) atoms. The molecule has 0 atom stereocenters. The highest BCUT2D eigenvalue weighted by atomic mass is 19.1. The van der Waals surface area contributed by atoms with Gasteiger partial charge < -0.3 is 4.90 Å². The molecule has 0 saturated heterocycles. The van der Waals surface area contributed by atoms with Gasteiger partial charge in [-0.05, 0) is 36.9 Å². The summed E-state index contributed by atoms with van der Waals surface area (Å²) in [7, 11) is 3.96. The van der Waals surface area contributed by atoms with Gasteiger partial charge in [-0.1, -0.05) is 12.1 Å². The van der Waals surface area contributed by atoms with Gasteiger partial charge in [-0.25, -0.2) is 4.39 Å². The third-order valence-electron chi connectivity index (χ3n) is 4.69. The van der Waals surface area contributed by atoms with Crippen LogP contribution in [0.4, 0.5) is 4.39 Å². The molecule has 3 heterocycles. The molecule has 6 nitrogen and oxygen atoms in total. The molecule has 0 aliphatic rings. The van der Waals surface area contributed by atoms with Crippen LogP contribution in [0.5, 0.6) is 0 Å². The largest absolute Gasteiger partial charge is 0.300 e. The number of hydrogen-bond acceptors (Lipinski definition) is 4. The lowest BCUT2D eigenvalue weighted by Gasteiger charge is -2.17. The van der Waals surface area contributed by atoms with Crippen LogP contribution >= 0.6 is 0 Å². The van der Waals surface area contributed by atoms with Gasteiger partial charge in [0.15, 0.2) is 0 Å². The first-order valence-corrected chi connectivity index (χ1v) is 8.84. The van der Waals surface area contributed by atoms with Crippen molar-refractivity contribution in [2.75, 3.05) is 13.6 Å². The van der Waals surface area contributed by atoms with Crippen LogP contribution in [0, 0.1) is 5.82 Å². The van der Waals surface area contributed by atoms with E-state index in [2.05, 4.69) is 27.1 Å². The number of hydrogen-bond donors (Lipinski definition) is 0. The molecule has 0 radical (unpaired) electrons. The molecular formula is C20H21FN6. The number of likely N-dealkylation sites (N-methyl/N-ethyl adjacent to an activating group) is 1. The average molecular weight is 364 g/mol. The number of rotatable bonds is 6. The molecule has 0 aliphatic carbocycles. The molecule has 1 aromatic carbocycles. The third kappa shape index (κ3) is 3.59. The van der Waals surface area contributed by atoms with Crippen molar-refractivity contribution in [1.29, 1.82) is 0 Å². The SMILES string of the molecule is CN(CCn1ncc2c(-c3ccnn3C)nccc21)Cc1ccc(F)cc1. The number of fused-ring (bicyclic) bond motifs is 1. The third-order valence-corrected chi connectivity index (χ3v) is 4.69. The van der Waals surface area contributed by atoms with E-state index in [1.807, 2.05) is 53.1 Å². The summed E-state index contributed by atoms with van der Waals surface area (Å²) in [6, 6.07) is 10.6. The van der Waals surface area contributed by atoms with Crippen LogP contribution in [-0.4, -0.2) is 43.0 Å². The van der Waals surface area contributed by atoms with Gasteiger partial charge in [0.25, 0.3) is 0 Å². The van der Waals surface area contributed by atoms with Crippen LogP contribution < -0.4 is 0 Å². The summed E-state index contributed by atoms with van der Waals surface area (Å²) in [6.07, 6.45) is 5.44. The summed E-state index contributed by atoms with van der Waals surface area (Å²) in [5.41, 5.74) is 4.00. The fourth-order valence-electron chi connectivity index (χ4n) is 3.24. The van der Waals surface area contributed by atoms with Gasteiger partial charge in [0, 0.05) is 37.9 Å². The quantitative estimate of drug-likeness (QED) is 0.528. The van der Waals surface area contributed by atoms with Crippen molar-refractivity contribution >= 4 is 10.9 Å². The van der Waals surface area contributed by atoms with Gasteiger partial charge >= 0.3 is 0 Å². The minimum Gasteiger partial charge on any atom is -0.300 e. The lowest BCUT2D eigenvalue weighted by molar-refractivity contribution is 0.307. The van der Waals surface area contributed by atoms with Crippen molar-refractivity contribution in [2.24, 2.45) is 7.05 Å². The molecule has 0 spiro atoms. The Morgan fingerprint density at radius 1 is 1.04 bits per heavy atom. The first-order valence-electron chi connectivity index (χ1n) is 8.84. The van der Waals surface area contributed by atoms with E-state index in [4.69, 9.17) is 0 Å². The molecule has 4 rings (SSSR count). The van der Waals surface area contributed by atoms with Crippen molar-refractivity contribution in [3.05, 3.63) is 66.4 Å². The molecule has 3 aromatic heterocycles. The van der Waals surface area contributed by atoms with E-state index in [9.17, 15) is 4.39 Å². The van der Waals surface area contributed by atoms with Gasteiger partial charge in [0.1, 0.15) is 5.82 Å². The van der Waals surface area contributed by atoms with Crippen molar-refractivity contribution in [3.63, 3.8) is 0 Å². The monoisotopic (exact) mass is 364 g/mol. The number of benzene rings is 1. The van der Waals surface area contributed by atoms with E-state index in [1.54, 1.807) is 6.20 Å². The first kappa shape index (κ1) is 17.4. The topological polar surface area (TPSA) is 51.8 Å². The van der Waals surface area contributed by atoms with Gasteiger partial charge in [-0.3, -0.25) is 14.3 Å². The predicted octanol–water partition coefficient (Wildman–Crippen LogP) is 3.10. The van der Waals surface area contributed by atoms with Crippen LogP contribution in [0.15, 0.2) is 55.0 Å². The molecule has 0 bridgehead atoms. The van der Waals surface area contributed by atoms with E-state index >= 15 is 0 Å². The standard InChI is InChI=1S/C20H21FN6/c1-25(14-15-3-5-16(21)6-4-15)11-12-27-18-7-9-22-20(17(18)13-24-27)19-8-10-23-26(19)2/h3-10,13H,11-12,14H2,1-2H3. The highest BCUT2D eigenvalue weighted by Crippen LogP contribution is 2.25. The maximum absolute atomic E-state index is 13.0. The second-order valence-corrected chi connectivity index (χ2v) is 6.66. The zero-order valence-electron chi connectivity index (χ0n) is 15.4. The summed E-state index contributed by atoms with van der Waals surface area (Å²) < 4.78 is 16.8. The molecule has 4 aromatic rings. The zero-order chi connectivity index (χ0) is 18.8. The van der Waals surface area contributed by atoms with E-state index in [0.29, 0.717) is 0 Å². The summed E-state index contributed by atoms with van der Waals surface area (Å²) in [5.74, 6) is -0.206. The van der Waals surface area contributed by atoms with Crippen molar-refractivity contribution in [1.82, 2.24) is 29.4 Å². The van der Waals surface area contributed by atoms with Gasteiger partial charge in [-0.15, -0.1) is 0 Å². The maximum atomic E-state index is 13.0. The smallest absolute Gasteiger partial charge is 0.123 e. The molecule has 0 N–H and O–H groups in total. The molecule has 0 amide bonds. The number of halogens is 1. The van der Waals surface area contributed by atoms with Gasteiger partial charge in [0.05, 0.1) is 29.6 Å². The Balaban J connectivity index is 1.50. The Morgan fingerprint density at radius 3 is 2.59 bits per heavy atom. The molecule has 138 valence electrons. The van der Waals surface area contributed by atoms with Crippen LogP contribution in [0.3, 0.4) is 0 Å². The van der Waals surface area contributed by atoms with Crippen molar-refractivity contribution < 1.29 is 4.39 Å². The van der Waals surface area contributed by atoms with Gasteiger partial charge in [-0.2, -0.15) is 10.2 Å². The zero-order valence-corrected chi connectivity index (χ0v) is 15.4. The Hall–Kier alpha value is -3.06. The lowest BCUT2D eigenvalue weighted by Crippen LogP contribution is -2.23. The normalized spacial score (nSPS) is 11.6. The summed E-state index contributed by atoms with van der Waals surface area (Å²) in [5, 5.41) is 9.80.